The highest BCUT2D eigenvalue weighted by molar-refractivity contribution is 7.98. The predicted octanol–water partition coefficient (Wildman–Crippen LogP) is 4.94. The Hall–Kier alpha value is -3.16. The summed E-state index contributed by atoms with van der Waals surface area (Å²) in [6.45, 7) is 0.400. The van der Waals surface area contributed by atoms with Gasteiger partial charge in [0.05, 0.1) is 18.5 Å². The number of amides is 2. The number of nitrogens with one attached hydrogen (secondary N) is 3. The Bertz CT molecular complexity index is 1140. The second-order valence-electron chi connectivity index (χ2n) is 7.62. The van der Waals surface area contributed by atoms with Crippen LogP contribution in [0.1, 0.15) is 21.5 Å². The van der Waals surface area contributed by atoms with E-state index in [9.17, 15) is 9.59 Å². The van der Waals surface area contributed by atoms with Crippen molar-refractivity contribution in [2.24, 2.45) is 0 Å². The maximum atomic E-state index is 12.6. The summed E-state index contributed by atoms with van der Waals surface area (Å²) >= 11 is 7.60. The first-order chi connectivity index (χ1) is 16.0. The molecule has 33 heavy (non-hydrogen) atoms. The van der Waals surface area contributed by atoms with Gasteiger partial charge in [0.25, 0.3) is 5.91 Å². The lowest BCUT2D eigenvalue weighted by molar-refractivity contribution is -0.116. The molecule has 1 unspecified atom stereocenters. The maximum Gasteiger partial charge on any atom is 0.251 e. The molecule has 1 aliphatic heterocycles. The highest BCUT2D eigenvalue weighted by atomic mass is 35.5. The fourth-order valence-electron chi connectivity index (χ4n) is 3.41. The van der Waals surface area contributed by atoms with E-state index in [0.29, 0.717) is 28.6 Å². The second-order valence-corrected chi connectivity index (χ2v) is 9.09. The van der Waals surface area contributed by atoms with Crippen LogP contribution < -0.4 is 20.7 Å². The Morgan fingerprint density at radius 1 is 1.03 bits per heavy atom. The third-order valence-electron chi connectivity index (χ3n) is 5.26. The molecule has 3 aromatic carbocycles. The number of fused-ring (bicyclic) bond motifs is 1. The molecule has 3 aromatic rings. The van der Waals surface area contributed by atoms with Crippen LogP contribution in [0, 0.1) is 0 Å². The molecular formula is C25H24ClN3O3S. The summed E-state index contributed by atoms with van der Waals surface area (Å²) in [7, 11) is 1.61. The van der Waals surface area contributed by atoms with Crippen LogP contribution in [-0.2, 0) is 17.1 Å². The summed E-state index contributed by atoms with van der Waals surface area (Å²) < 4.78 is 5.15. The van der Waals surface area contributed by atoms with Gasteiger partial charge in [-0.05, 0) is 53.6 Å². The Kier molecular flexibility index (Phi) is 7.42. The molecule has 1 atom stereocenters. The molecule has 8 heteroatoms. The SMILES string of the molecule is COc1ccc(CNC(=O)c2ccc3c(c2)NC(=O)C(CSCc2ccc(Cl)cc2)N3)cc1. The lowest BCUT2D eigenvalue weighted by atomic mass is 10.1. The minimum atomic E-state index is -0.343. The smallest absolute Gasteiger partial charge is 0.251 e. The number of thioether (sulfide) groups is 1. The van der Waals surface area contributed by atoms with Crippen LogP contribution in [0.3, 0.4) is 0 Å². The molecule has 0 spiro atoms. The van der Waals surface area contributed by atoms with Crippen molar-refractivity contribution in [2.75, 3.05) is 23.5 Å². The summed E-state index contributed by atoms with van der Waals surface area (Å²) in [6, 6.07) is 20.2. The number of methoxy groups -OCH3 is 1. The molecule has 0 bridgehead atoms. The van der Waals surface area contributed by atoms with Gasteiger partial charge in [-0.1, -0.05) is 35.9 Å². The van der Waals surface area contributed by atoms with Crippen molar-refractivity contribution in [1.29, 1.82) is 0 Å². The highest BCUT2D eigenvalue weighted by Crippen LogP contribution is 2.29. The monoisotopic (exact) mass is 481 g/mol. The number of halogens is 1. The van der Waals surface area contributed by atoms with Crippen molar-refractivity contribution in [2.45, 2.75) is 18.3 Å². The van der Waals surface area contributed by atoms with Crippen molar-refractivity contribution in [3.63, 3.8) is 0 Å². The van der Waals surface area contributed by atoms with E-state index in [4.69, 9.17) is 16.3 Å². The Balaban J connectivity index is 1.31. The molecule has 4 rings (SSSR count). The molecule has 0 fully saturated rings. The predicted molar refractivity (Wildman–Crippen MR) is 134 cm³/mol. The minimum Gasteiger partial charge on any atom is -0.497 e. The van der Waals surface area contributed by atoms with Crippen molar-refractivity contribution in [3.05, 3.63) is 88.4 Å². The van der Waals surface area contributed by atoms with Crippen molar-refractivity contribution in [1.82, 2.24) is 5.32 Å². The van der Waals surface area contributed by atoms with Crippen LogP contribution in [-0.4, -0.2) is 30.7 Å². The van der Waals surface area contributed by atoms with E-state index in [-0.39, 0.29) is 17.9 Å². The number of carbonyl (C=O) groups is 2. The number of rotatable bonds is 8. The summed E-state index contributed by atoms with van der Waals surface area (Å²) in [6.07, 6.45) is 0. The fraction of sp³-hybridized carbons (Fsp3) is 0.200. The van der Waals surface area contributed by atoms with Crippen LogP contribution in [0.15, 0.2) is 66.7 Å². The quantitative estimate of drug-likeness (QED) is 0.424. The van der Waals surface area contributed by atoms with Crippen LogP contribution in [0.5, 0.6) is 5.75 Å². The van der Waals surface area contributed by atoms with Crippen LogP contribution in [0.2, 0.25) is 5.02 Å². The van der Waals surface area contributed by atoms with Crippen molar-refractivity contribution >= 4 is 46.6 Å². The first-order valence-corrected chi connectivity index (χ1v) is 12.0. The third-order valence-corrected chi connectivity index (χ3v) is 6.62. The van der Waals surface area contributed by atoms with E-state index in [2.05, 4.69) is 16.0 Å². The molecule has 6 nitrogen and oxygen atoms in total. The number of ether oxygens (including phenoxy) is 1. The molecule has 3 N–H and O–H groups in total. The molecular weight excluding hydrogens is 458 g/mol. The molecule has 0 aliphatic carbocycles. The second kappa shape index (κ2) is 10.6. The molecule has 1 heterocycles. The van der Waals surface area contributed by atoms with Crippen molar-refractivity contribution < 1.29 is 14.3 Å². The normalized spacial score (nSPS) is 14.6. The number of hydrogen-bond donors (Lipinski definition) is 3. The number of benzene rings is 3. The average molecular weight is 482 g/mol. The summed E-state index contributed by atoms with van der Waals surface area (Å²) in [5.74, 6) is 1.87. The van der Waals surface area contributed by atoms with Crippen LogP contribution >= 0.6 is 23.4 Å². The molecule has 2 amide bonds. The molecule has 0 radical (unpaired) electrons. The van der Waals surface area contributed by atoms with Gasteiger partial charge in [0.2, 0.25) is 5.91 Å². The fourth-order valence-corrected chi connectivity index (χ4v) is 4.55. The standard InChI is InChI=1S/C25H24ClN3O3S/c1-32-20-9-4-16(5-10-20)13-27-24(30)18-6-11-21-22(12-18)29-25(31)23(28-21)15-33-14-17-2-7-19(26)8-3-17/h2-12,23,28H,13-15H2,1H3,(H,27,30)(H,29,31). The largest absolute Gasteiger partial charge is 0.497 e. The zero-order valence-corrected chi connectivity index (χ0v) is 19.6. The highest BCUT2D eigenvalue weighted by Gasteiger charge is 2.26. The maximum absolute atomic E-state index is 12.6. The molecule has 1 aliphatic rings. The Labute approximate surface area is 202 Å². The Morgan fingerprint density at radius 2 is 1.76 bits per heavy atom. The van der Waals surface area contributed by atoms with Gasteiger partial charge >= 0.3 is 0 Å². The first-order valence-electron chi connectivity index (χ1n) is 10.5. The van der Waals surface area contributed by atoms with E-state index in [1.54, 1.807) is 31.0 Å². The van der Waals surface area contributed by atoms with E-state index in [1.807, 2.05) is 54.6 Å². The minimum absolute atomic E-state index is 0.109. The van der Waals surface area contributed by atoms with E-state index >= 15 is 0 Å². The number of hydrogen-bond acceptors (Lipinski definition) is 5. The zero-order valence-electron chi connectivity index (χ0n) is 18.1. The number of anilines is 2. The van der Waals surface area contributed by atoms with Gasteiger partial charge in [0, 0.05) is 28.6 Å². The van der Waals surface area contributed by atoms with Gasteiger partial charge in [-0.25, -0.2) is 0 Å². The summed E-state index contributed by atoms with van der Waals surface area (Å²) in [4.78, 5) is 25.2. The van der Waals surface area contributed by atoms with Crippen LogP contribution in [0.4, 0.5) is 11.4 Å². The lowest BCUT2D eigenvalue weighted by Gasteiger charge is -2.27. The van der Waals surface area contributed by atoms with Gasteiger partial charge in [0.15, 0.2) is 0 Å². The first kappa shape index (κ1) is 23.0. The van der Waals surface area contributed by atoms with Gasteiger partial charge in [-0.2, -0.15) is 11.8 Å². The van der Waals surface area contributed by atoms with Crippen LogP contribution in [0.25, 0.3) is 0 Å². The zero-order chi connectivity index (χ0) is 23.2. The van der Waals surface area contributed by atoms with Gasteiger partial charge < -0.3 is 20.7 Å². The van der Waals surface area contributed by atoms with E-state index < -0.39 is 0 Å². The van der Waals surface area contributed by atoms with Gasteiger partial charge in [-0.15, -0.1) is 0 Å². The summed E-state index contributed by atoms with van der Waals surface area (Å²) in [5, 5.41) is 9.81. The molecule has 0 saturated carbocycles. The topological polar surface area (TPSA) is 79.5 Å². The molecule has 0 aromatic heterocycles. The third kappa shape index (κ3) is 6.00. The Morgan fingerprint density at radius 3 is 2.48 bits per heavy atom. The van der Waals surface area contributed by atoms with E-state index in [1.165, 1.54) is 0 Å². The van der Waals surface area contributed by atoms with Gasteiger partial charge in [0.1, 0.15) is 11.8 Å². The molecule has 170 valence electrons. The van der Waals surface area contributed by atoms with Crippen molar-refractivity contribution in [3.8, 4) is 5.75 Å². The van der Waals surface area contributed by atoms with E-state index in [0.717, 1.165) is 28.3 Å². The average Bonchev–Trinajstić information content (AvgIpc) is 2.84. The number of carbonyl (C=O) groups excluding carboxylic acids is 2. The summed E-state index contributed by atoms with van der Waals surface area (Å²) in [5.41, 5.74) is 4.02. The van der Waals surface area contributed by atoms with Gasteiger partial charge in [-0.3, -0.25) is 9.59 Å². The molecule has 0 saturated heterocycles. The lowest BCUT2D eigenvalue weighted by Crippen LogP contribution is -2.40.